The van der Waals surface area contributed by atoms with Crippen molar-refractivity contribution in [3.05, 3.63) is 12.5 Å². The van der Waals surface area contributed by atoms with E-state index in [0.29, 0.717) is 31.3 Å². The summed E-state index contributed by atoms with van der Waals surface area (Å²) >= 11 is -1.42. The van der Waals surface area contributed by atoms with Gasteiger partial charge in [0.2, 0.25) is 0 Å². The van der Waals surface area contributed by atoms with Gasteiger partial charge in [-0.25, -0.2) is 4.79 Å². The summed E-state index contributed by atoms with van der Waals surface area (Å²) in [5, 5.41) is 3.39. The molecule has 2 saturated heterocycles. The fourth-order valence-electron chi connectivity index (χ4n) is 3.18. The van der Waals surface area contributed by atoms with Crippen molar-refractivity contribution >= 4 is 17.5 Å². The first-order chi connectivity index (χ1) is 12.7. The van der Waals surface area contributed by atoms with E-state index in [1.807, 2.05) is 27.8 Å². The molecule has 2 aliphatic rings. The average Bonchev–Trinajstić information content (AvgIpc) is 3.20. The predicted octanol–water partition coefficient (Wildman–Crippen LogP) is 1.03. The predicted molar refractivity (Wildman–Crippen MR) is 98.1 cm³/mol. The van der Waals surface area contributed by atoms with E-state index in [-0.39, 0.29) is 12.0 Å². The molecule has 3 heterocycles. The highest BCUT2D eigenvalue weighted by Gasteiger charge is 2.46. The van der Waals surface area contributed by atoms with Gasteiger partial charge >= 0.3 is 6.09 Å². The molecule has 0 aromatic carbocycles. The highest BCUT2D eigenvalue weighted by Crippen LogP contribution is 2.29. The number of hydrogen-bond donors (Lipinski definition) is 1. The van der Waals surface area contributed by atoms with E-state index in [0.717, 1.165) is 6.42 Å². The first-order valence-corrected chi connectivity index (χ1v) is 10.2. The van der Waals surface area contributed by atoms with E-state index in [1.165, 1.54) is 0 Å². The number of hydrogen-bond acceptors (Lipinski definition) is 7. The van der Waals surface area contributed by atoms with Gasteiger partial charge in [-0.1, -0.05) is 0 Å². The molecule has 0 radical (unpaired) electrons. The van der Waals surface area contributed by atoms with Crippen LogP contribution in [0.2, 0.25) is 0 Å². The van der Waals surface area contributed by atoms with Crippen LogP contribution in [0.25, 0.3) is 0 Å². The highest BCUT2D eigenvalue weighted by atomic mass is 32.2. The third-order valence-electron chi connectivity index (χ3n) is 4.33. The fourth-order valence-corrected chi connectivity index (χ4v) is 4.44. The van der Waals surface area contributed by atoms with Crippen LogP contribution in [0.4, 0.5) is 4.79 Å². The van der Waals surface area contributed by atoms with Gasteiger partial charge in [-0.15, -0.1) is 4.31 Å². The monoisotopic (exact) mass is 400 g/mol. The van der Waals surface area contributed by atoms with Crippen molar-refractivity contribution in [1.29, 1.82) is 0 Å². The molecule has 1 unspecified atom stereocenters. The van der Waals surface area contributed by atoms with Crippen LogP contribution >= 0.6 is 0 Å². The van der Waals surface area contributed by atoms with Crippen molar-refractivity contribution in [2.45, 2.75) is 50.2 Å². The molecule has 27 heavy (non-hydrogen) atoms. The minimum absolute atomic E-state index is 0.148. The van der Waals surface area contributed by atoms with Gasteiger partial charge in [-0.2, -0.15) is 4.98 Å². The first-order valence-electron chi connectivity index (χ1n) is 9.10. The molecule has 9 nitrogen and oxygen atoms in total. The van der Waals surface area contributed by atoms with Crippen molar-refractivity contribution in [3.8, 4) is 0 Å². The second kappa shape index (κ2) is 8.36. The smallest absolute Gasteiger partial charge is 0.407 e. The van der Waals surface area contributed by atoms with Crippen molar-refractivity contribution in [2.75, 3.05) is 26.3 Å². The summed E-state index contributed by atoms with van der Waals surface area (Å²) in [6.07, 6.45) is 3.25. The van der Waals surface area contributed by atoms with E-state index < -0.39 is 29.3 Å². The molecule has 0 bridgehead atoms. The molecule has 0 aliphatic carbocycles. The number of rotatable bonds is 4. The third-order valence-corrected chi connectivity index (χ3v) is 5.67. The Morgan fingerprint density at radius 3 is 2.67 bits per heavy atom. The summed E-state index contributed by atoms with van der Waals surface area (Å²) in [4.78, 5) is 16.4. The zero-order chi connectivity index (χ0) is 19.6. The van der Waals surface area contributed by atoms with Crippen LogP contribution < -0.4 is 5.32 Å². The molecule has 3 rings (SSSR count). The second-order valence-electron chi connectivity index (χ2n) is 7.85. The average molecular weight is 401 g/mol. The minimum Gasteiger partial charge on any atom is -0.591 e. The number of nitrogens with one attached hydrogen (secondary N) is 1. The lowest BCUT2D eigenvalue weighted by Crippen LogP contribution is -2.48. The third kappa shape index (κ3) is 5.35. The van der Waals surface area contributed by atoms with E-state index in [9.17, 15) is 9.35 Å². The fraction of sp³-hybridized carbons (Fsp3) is 0.765. The highest BCUT2D eigenvalue weighted by molar-refractivity contribution is 7.89. The van der Waals surface area contributed by atoms with Crippen LogP contribution in [0.3, 0.4) is 0 Å². The normalized spacial score (nSPS) is 26.1. The number of nitrogens with zero attached hydrogens (tertiary/aromatic N) is 3. The Labute approximate surface area is 162 Å². The summed E-state index contributed by atoms with van der Waals surface area (Å²) in [5.41, 5.74) is -0.591. The maximum Gasteiger partial charge on any atom is 0.407 e. The number of alkyl carbamates (subject to hydrolysis) is 1. The molecule has 1 N–H and O–H groups in total. The number of aryl methyl sites for hydroxylation is 1. The van der Waals surface area contributed by atoms with Crippen molar-refractivity contribution < 1.29 is 23.6 Å². The number of carbonyl (C=O) groups is 1. The summed E-state index contributed by atoms with van der Waals surface area (Å²) in [7, 11) is 1.83. The van der Waals surface area contributed by atoms with Gasteiger partial charge < -0.3 is 28.6 Å². The Morgan fingerprint density at radius 2 is 2.07 bits per heavy atom. The molecule has 10 heteroatoms. The SMILES string of the molecule is Cn1cnc([S+]([O-])N2C[C@@H](NC(=O)OC(C)(C)C)[C@H](C3OCCCO3)C2)c1. The number of aromatic nitrogens is 2. The van der Waals surface area contributed by atoms with Crippen molar-refractivity contribution in [2.24, 2.45) is 13.0 Å². The lowest BCUT2D eigenvalue weighted by molar-refractivity contribution is -0.204. The summed E-state index contributed by atoms with van der Waals surface area (Å²) in [5.74, 6) is -0.148. The van der Waals surface area contributed by atoms with Crippen molar-refractivity contribution in [3.63, 3.8) is 0 Å². The summed E-state index contributed by atoms with van der Waals surface area (Å²) < 4.78 is 33.3. The Balaban J connectivity index is 1.70. The Bertz CT molecular complexity index is 644. The van der Waals surface area contributed by atoms with Crippen LogP contribution in [0.5, 0.6) is 0 Å². The number of amides is 1. The summed E-state index contributed by atoms with van der Waals surface area (Å²) in [6.45, 7) is 7.54. The second-order valence-corrected chi connectivity index (χ2v) is 9.29. The molecule has 3 atom stereocenters. The molecular formula is C17H28N4O5S. The van der Waals surface area contributed by atoms with Gasteiger partial charge in [-0.05, 0) is 27.2 Å². The number of ether oxygens (including phenoxy) is 3. The minimum atomic E-state index is -1.42. The van der Waals surface area contributed by atoms with Crippen LogP contribution in [0.15, 0.2) is 17.6 Å². The molecule has 0 spiro atoms. The van der Waals surface area contributed by atoms with Gasteiger partial charge in [0.1, 0.15) is 17.0 Å². The molecule has 1 amide bonds. The van der Waals surface area contributed by atoms with Crippen LogP contribution in [0, 0.1) is 5.92 Å². The lowest BCUT2D eigenvalue weighted by atomic mass is 10.0. The first kappa shape index (κ1) is 20.4. The summed E-state index contributed by atoms with van der Waals surface area (Å²) in [6, 6.07) is -0.296. The number of imidazole rings is 1. The van der Waals surface area contributed by atoms with E-state index >= 15 is 0 Å². The number of carbonyl (C=O) groups excluding carboxylic acids is 1. The Morgan fingerprint density at radius 1 is 1.37 bits per heavy atom. The maximum atomic E-state index is 12.9. The van der Waals surface area contributed by atoms with Gasteiger partial charge in [0.25, 0.3) is 5.03 Å². The molecule has 0 saturated carbocycles. The molecular weight excluding hydrogens is 372 g/mol. The standard InChI is InChI=1S/C17H28N4O5S/c1-17(2,3)26-16(22)19-13-9-21(27(23)14-10-20(4)11-18-14)8-12(13)15-24-6-5-7-25-15/h10-13,15H,5-9H2,1-4H3,(H,19,22)/t12-,13-,27?/m1/s1. The maximum absolute atomic E-state index is 12.9. The van der Waals surface area contributed by atoms with E-state index in [2.05, 4.69) is 10.3 Å². The Kier molecular flexibility index (Phi) is 6.32. The van der Waals surface area contributed by atoms with Gasteiger partial charge in [0.05, 0.1) is 44.9 Å². The molecule has 2 aliphatic heterocycles. The molecule has 1 aromatic heterocycles. The van der Waals surface area contributed by atoms with Gasteiger partial charge in [0.15, 0.2) is 6.29 Å². The van der Waals surface area contributed by atoms with Crippen LogP contribution in [-0.2, 0) is 32.6 Å². The van der Waals surface area contributed by atoms with Crippen LogP contribution in [0.1, 0.15) is 27.2 Å². The van der Waals surface area contributed by atoms with Gasteiger partial charge in [-0.3, -0.25) is 0 Å². The topological polar surface area (TPSA) is 101 Å². The van der Waals surface area contributed by atoms with E-state index in [1.54, 1.807) is 21.4 Å². The Hall–Kier alpha value is -1.33. The lowest BCUT2D eigenvalue weighted by Gasteiger charge is -2.31. The molecule has 2 fully saturated rings. The van der Waals surface area contributed by atoms with Crippen molar-refractivity contribution in [1.82, 2.24) is 19.2 Å². The zero-order valence-corrected chi connectivity index (χ0v) is 17.0. The quantitative estimate of drug-likeness (QED) is 0.753. The van der Waals surface area contributed by atoms with Gasteiger partial charge in [0, 0.05) is 13.0 Å². The van der Waals surface area contributed by atoms with Crippen LogP contribution in [-0.4, -0.2) is 68.7 Å². The molecule has 152 valence electrons. The largest absolute Gasteiger partial charge is 0.591 e. The van der Waals surface area contributed by atoms with E-state index in [4.69, 9.17) is 14.2 Å². The molecule has 1 aromatic rings. The zero-order valence-electron chi connectivity index (χ0n) is 16.2.